The Bertz CT molecular complexity index is 547. The number of benzene rings is 2. The second kappa shape index (κ2) is 6.60. The zero-order chi connectivity index (χ0) is 13.7. The minimum absolute atomic E-state index is 0.00895. The van der Waals surface area contributed by atoms with Gasteiger partial charge in [0.2, 0.25) is 0 Å². The molecule has 0 atom stereocenters. The van der Waals surface area contributed by atoms with E-state index in [0.29, 0.717) is 22.9 Å². The first-order valence-corrected chi connectivity index (χ1v) is 6.67. The van der Waals surface area contributed by atoms with Gasteiger partial charge in [-0.15, -0.1) is 11.6 Å². The van der Waals surface area contributed by atoms with E-state index in [-0.39, 0.29) is 11.7 Å². The van der Waals surface area contributed by atoms with Gasteiger partial charge in [0.15, 0.2) is 5.78 Å². The first kappa shape index (κ1) is 13.9. The number of hydrogen-bond acceptors (Lipinski definition) is 2. The summed E-state index contributed by atoms with van der Waals surface area (Å²) in [5, 5.41) is 0.702. The lowest BCUT2D eigenvalue weighted by molar-refractivity contribution is 0.102. The molecule has 0 aliphatic carbocycles. The molecule has 0 bridgehead atoms. The summed E-state index contributed by atoms with van der Waals surface area (Å²) < 4.78 is 5.61. The van der Waals surface area contributed by atoms with Crippen molar-refractivity contribution in [2.45, 2.75) is 6.61 Å². The van der Waals surface area contributed by atoms with E-state index in [1.54, 1.807) is 24.3 Å². The molecular formula is C15H12Cl2O2. The summed E-state index contributed by atoms with van der Waals surface area (Å²) >= 11 is 11.3. The van der Waals surface area contributed by atoms with Crippen molar-refractivity contribution in [1.29, 1.82) is 0 Å². The lowest BCUT2D eigenvalue weighted by Gasteiger charge is -2.07. The molecule has 0 aliphatic heterocycles. The third-order valence-corrected chi connectivity index (χ3v) is 3.11. The molecule has 2 aromatic carbocycles. The van der Waals surface area contributed by atoms with E-state index < -0.39 is 0 Å². The van der Waals surface area contributed by atoms with Gasteiger partial charge in [-0.2, -0.15) is 0 Å². The minimum atomic E-state index is -0.0917. The maximum atomic E-state index is 11.4. The Kier molecular flexibility index (Phi) is 4.83. The lowest BCUT2D eigenvalue weighted by Crippen LogP contribution is -2.00. The van der Waals surface area contributed by atoms with Crippen LogP contribution in [0.5, 0.6) is 5.75 Å². The third-order valence-electron chi connectivity index (χ3n) is 2.62. The highest BCUT2D eigenvalue weighted by molar-refractivity contribution is 6.30. The molecule has 0 N–H and O–H groups in total. The monoisotopic (exact) mass is 294 g/mol. The highest BCUT2D eigenvalue weighted by Gasteiger charge is 2.03. The number of ketones is 1. The van der Waals surface area contributed by atoms with Gasteiger partial charge in [0.1, 0.15) is 12.4 Å². The molecule has 2 rings (SSSR count). The van der Waals surface area contributed by atoms with Crippen molar-refractivity contribution in [2.24, 2.45) is 0 Å². The van der Waals surface area contributed by atoms with Crippen molar-refractivity contribution in [3.63, 3.8) is 0 Å². The van der Waals surface area contributed by atoms with Crippen LogP contribution in [0.15, 0.2) is 48.5 Å². The molecule has 0 unspecified atom stereocenters. The van der Waals surface area contributed by atoms with Gasteiger partial charge >= 0.3 is 0 Å². The van der Waals surface area contributed by atoms with Crippen LogP contribution >= 0.6 is 23.2 Å². The Hall–Kier alpha value is -1.51. The minimum Gasteiger partial charge on any atom is -0.489 e. The fourth-order valence-electron chi connectivity index (χ4n) is 1.56. The predicted molar refractivity (Wildman–Crippen MR) is 77.3 cm³/mol. The van der Waals surface area contributed by atoms with Gasteiger partial charge in [-0.1, -0.05) is 23.7 Å². The quantitative estimate of drug-likeness (QED) is 0.606. The van der Waals surface area contributed by atoms with Crippen molar-refractivity contribution >= 4 is 29.0 Å². The largest absolute Gasteiger partial charge is 0.489 e. The van der Waals surface area contributed by atoms with E-state index in [1.807, 2.05) is 24.3 Å². The second-order valence-electron chi connectivity index (χ2n) is 4.00. The Labute approximate surface area is 121 Å². The number of carbonyl (C=O) groups excluding carboxylic acids is 1. The Morgan fingerprint density at radius 3 is 2.21 bits per heavy atom. The summed E-state index contributed by atoms with van der Waals surface area (Å²) in [6.45, 7) is 0.458. The standard InChI is InChI=1S/C15H12Cl2O2/c16-9-15(18)12-3-7-14(8-4-12)19-10-11-1-5-13(17)6-2-11/h1-8H,9-10H2. The van der Waals surface area contributed by atoms with Crippen molar-refractivity contribution in [3.05, 3.63) is 64.7 Å². The van der Waals surface area contributed by atoms with Gasteiger partial charge in [-0.25, -0.2) is 0 Å². The molecule has 0 heterocycles. The second-order valence-corrected chi connectivity index (χ2v) is 4.70. The van der Waals surface area contributed by atoms with Gasteiger partial charge < -0.3 is 4.74 Å². The summed E-state index contributed by atoms with van der Waals surface area (Å²) in [5.74, 6) is 0.609. The fraction of sp³-hybridized carbons (Fsp3) is 0.133. The average Bonchev–Trinajstić information content (AvgIpc) is 2.46. The van der Waals surface area contributed by atoms with Gasteiger partial charge in [-0.3, -0.25) is 4.79 Å². The van der Waals surface area contributed by atoms with Crippen LogP contribution in [0.1, 0.15) is 15.9 Å². The lowest BCUT2D eigenvalue weighted by atomic mass is 10.1. The van der Waals surface area contributed by atoms with E-state index >= 15 is 0 Å². The Morgan fingerprint density at radius 1 is 1.00 bits per heavy atom. The molecule has 0 saturated heterocycles. The van der Waals surface area contributed by atoms with Crippen LogP contribution in [0.25, 0.3) is 0 Å². The topological polar surface area (TPSA) is 26.3 Å². The van der Waals surface area contributed by atoms with Crippen molar-refractivity contribution in [3.8, 4) is 5.75 Å². The first-order valence-electron chi connectivity index (χ1n) is 5.75. The SMILES string of the molecule is O=C(CCl)c1ccc(OCc2ccc(Cl)cc2)cc1. The summed E-state index contributed by atoms with van der Waals surface area (Å²) in [6, 6.07) is 14.4. The van der Waals surface area contributed by atoms with E-state index in [1.165, 1.54) is 0 Å². The summed E-state index contributed by atoms with van der Waals surface area (Å²) in [4.78, 5) is 11.4. The number of hydrogen-bond donors (Lipinski definition) is 0. The Balaban J connectivity index is 1.96. The first-order chi connectivity index (χ1) is 9.19. The van der Waals surface area contributed by atoms with Gasteiger partial charge in [0, 0.05) is 10.6 Å². The highest BCUT2D eigenvalue weighted by Crippen LogP contribution is 2.16. The smallest absolute Gasteiger partial charge is 0.177 e. The molecule has 2 aromatic rings. The zero-order valence-corrected chi connectivity index (χ0v) is 11.6. The molecule has 0 aliphatic rings. The van der Waals surface area contributed by atoms with Crippen molar-refractivity contribution < 1.29 is 9.53 Å². The molecule has 0 radical (unpaired) electrons. The molecule has 0 aromatic heterocycles. The summed E-state index contributed by atoms with van der Waals surface area (Å²) in [5.41, 5.74) is 1.62. The third kappa shape index (κ3) is 3.98. The molecule has 0 amide bonds. The number of rotatable bonds is 5. The fourth-order valence-corrected chi connectivity index (χ4v) is 1.84. The maximum Gasteiger partial charge on any atom is 0.177 e. The summed E-state index contributed by atoms with van der Waals surface area (Å²) in [6.07, 6.45) is 0. The number of halogens is 2. The van der Waals surface area contributed by atoms with Gasteiger partial charge in [-0.05, 0) is 42.0 Å². The van der Waals surface area contributed by atoms with E-state index in [4.69, 9.17) is 27.9 Å². The van der Waals surface area contributed by atoms with Crippen LogP contribution in [-0.2, 0) is 6.61 Å². The Morgan fingerprint density at radius 2 is 1.63 bits per heavy atom. The van der Waals surface area contributed by atoms with Gasteiger partial charge in [0.05, 0.1) is 5.88 Å². The predicted octanol–water partition coefficient (Wildman–Crippen LogP) is 4.34. The highest BCUT2D eigenvalue weighted by atomic mass is 35.5. The van der Waals surface area contributed by atoms with Crippen LogP contribution in [0.4, 0.5) is 0 Å². The van der Waals surface area contributed by atoms with E-state index in [2.05, 4.69) is 0 Å². The van der Waals surface area contributed by atoms with E-state index in [9.17, 15) is 4.79 Å². The van der Waals surface area contributed by atoms with Crippen molar-refractivity contribution in [2.75, 3.05) is 5.88 Å². The molecule has 0 fully saturated rings. The number of Topliss-reactive ketones (excluding diaryl/α,β-unsaturated/α-hetero) is 1. The molecule has 98 valence electrons. The van der Waals surface area contributed by atoms with Crippen LogP contribution in [0.3, 0.4) is 0 Å². The molecule has 4 heteroatoms. The average molecular weight is 295 g/mol. The molecule has 2 nitrogen and oxygen atoms in total. The molecule has 0 saturated carbocycles. The van der Waals surface area contributed by atoms with Crippen LogP contribution < -0.4 is 4.74 Å². The molecule has 0 spiro atoms. The maximum absolute atomic E-state index is 11.4. The molecule has 19 heavy (non-hydrogen) atoms. The normalized spacial score (nSPS) is 10.2. The zero-order valence-electron chi connectivity index (χ0n) is 10.1. The number of alkyl halides is 1. The van der Waals surface area contributed by atoms with Crippen LogP contribution in [0.2, 0.25) is 5.02 Å². The van der Waals surface area contributed by atoms with E-state index in [0.717, 1.165) is 5.56 Å². The van der Waals surface area contributed by atoms with Crippen LogP contribution in [0, 0.1) is 0 Å². The number of ether oxygens (including phenoxy) is 1. The van der Waals surface area contributed by atoms with Crippen molar-refractivity contribution in [1.82, 2.24) is 0 Å². The van der Waals surface area contributed by atoms with Gasteiger partial charge in [0.25, 0.3) is 0 Å². The molecular weight excluding hydrogens is 283 g/mol. The van der Waals surface area contributed by atoms with Crippen LogP contribution in [-0.4, -0.2) is 11.7 Å². The number of carbonyl (C=O) groups is 1. The summed E-state index contributed by atoms with van der Waals surface area (Å²) in [7, 11) is 0.